The van der Waals surface area contributed by atoms with Crippen LogP contribution in [-0.2, 0) is 4.74 Å². The Morgan fingerprint density at radius 1 is 1.40 bits per heavy atom. The molecule has 0 aliphatic carbocycles. The van der Waals surface area contributed by atoms with E-state index < -0.39 is 6.03 Å². The maximum absolute atomic E-state index is 13.1. The predicted molar refractivity (Wildman–Crippen MR) is 132 cm³/mol. The van der Waals surface area contributed by atoms with E-state index in [1.165, 1.54) is 36.5 Å². The van der Waals surface area contributed by atoms with Gasteiger partial charge in [0.05, 0.1) is 17.9 Å². The second kappa shape index (κ2) is 10.6. The molecule has 1 aromatic carbocycles. The third-order valence-corrected chi connectivity index (χ3v) is 4.73. The Bertz CT molecular complexity index is 910. The van der Waals surface area contributed by atoms with Gasteiger partial charge in [-0.3, -0.25) is 10.7 Å². The number of likely N-dealkylation sites (N-methyl/N-ethyl adjacent to an activating group) is 1. The number of nitrogens with two attached hydrogens (primary N) is 1. The lowest BCUT2D eigenvalue weighted by Gasteiger charge is -2.20. The van der Waals surface area contributed by atoms with Gasteiger partial charge in [0.15, 0.2) is 0 Å². The maximum atomic E-state index is 13.1. The topological polar surface area (TPSA) is 116 Å². The quantitative estimate of drug-likeness (QED) is 0.335. The fraction of sp³-hybridized carbons (Fsp3) is 0.350. The van der Waals surface area contributed by atoms with Crippen molar-refractivity contribution in [2.75, 3.05) is 37.8 Å². The van der Waals surface area contributed by atoms with Crippen LogP contribution in [0, 0.1) is 11.2 Å². The monoisotopic (exact) mass is 534 g/mol. The number of nitrogen functional groups attached to an aromatic ring is 1. The molecule has 2 aromatic rings. The van der Waals surface area contributed by atoms with Crippen LogP contribution in [0.25, 0.3) is 0 Å². The van der Waals surface area contributed by atoms with Gasteiger partial charge in [-0.25, -0.2) is 14.2 Å². The molecule has 2 amide bonds. The molecule has 0 spiro atoms. The number of anilines is 2. The number of rotatable bonds is 6. The van der Waals surface area contributed by atoms with Crippen molar-refractivity contribution in [1.82, 2.24) is 15.2 Å². The van der Waals surface area contributed by atoms with E-state index in [4.69, 9.17) is 15.9 Å². The van der Waals surface area contributed by atoms with Crippen molar-refractivity contribution in [1.29, 1.82) is 5.41 Å². The number of nitrogens with one attached hydrogen (secondary N) is 3. The van der Waals surface area contributed by atoms with E-state index in [-0.39, 0.29) is 63.4 Å². The second-order valence-corrected chi connectivity index (χ2v) is 6.96. The van der Waals surface area contributed by atoms with Crippen LogP contribution in [-0.4, -0.2) is 60.5 Å². The Balaban J connectivity index is 0. The second-order valence-electron chi connectivity index (χ2n) is 6.96. The number of ether oxygens (including phenoxy) is 1. The molecule has 3 rings (SSSR count). The number of likely N-dealkylation sites (tertiary alicyclic amines) is 1. The standard InChI is InChI=1S/C20H25FN6O2.HI.3H2/c1-3-29-17-11-27(2)10-16(17)25-20(28)26-18-8-15(22)14(9-24-18)19(23)12-4-6-13(21)7-5-12;;;;/h4-9,16-17,23H,3,10-11H2,1-2H3,(H4,22,24,25,26,28);4*1H/t16-,17-;;;;/m1..../s1. The minimum atomic E-state index is -0.400. The average molecular weight is 534 g/mol. The highest BCUT2D eigenvalue weighted by atomic mass is 127. The van der Waals surface area contributed by atoms with Gasteiger partial charge < -0.3 is 20.7 Å². The lowest BCUT2D eigenvalue weighted by molar-refractivity contribution is 0.0568. The van der Waals surface area contributed by atoms with Gasteiger partial charge in [-0.15, -0.1) is 24.0 Å². The van der Waals surface area contributed by atoms with Gasteiger partial charge in [0.1, 0.15) is 11.6 Å². The van der Waals surface area contributed by atoms with Gasteiger partial charge in [-0.05, 0) is 38.2 Å². The lowest BCUT2D eigenvalue weighted by Crippen LogP contribution is -2.45. The van der Waals surface area contributed by atoms with Crippen molar-refractivity contribution in [3.63, 3.8) is 0 Å². The lowest BCUT2D eigenvalue weighted by atomic mass is 10.0. The molecule has 1 aliphatic rings. The first-order valence-electron chi connectivity index (χ1n) is 9.35. The van der Waals surface area contributed by atoms with Crippen molar-refractivity contribution in [3.8, 4) is 0 Å². The van der Waals surface area contributed by atoms with Crippen LogP contribution in [0.5, 0.6) is 0 Å². The summed E-state index contributed by atoms with van der Waals surface area (Å²) in [6, 6.07) is 6.54. The highest BCUT2D eigenvalue weighted by Gasteiger charge is 2.32. The molecular weight excluding hydrogens is 502 g/mol. The van der Waals surface area contributed by atoms with Crippen LogP contribution in [0.15, 0.2) is 36.5 Å². The minimum Gasteiger partial charge on any atom is -0.398 e. The van der Waals surface area contributed by atoms with E-state index in [9.17, 15) is 9.18 Å². The van der Waals surface area contributed by atoms with Crippen LogP contribution in [0.2, 0.25) is 0 Å². The van der Waals surface area contributed by atoms with E-state index >= 15 is 0 Å². The van der Waals surface area contributed by atoms with Gasteiger partial charge in [-0.1, -0.05) is 0 Å². The molecule has 168 valence electrons. The molecule has 8 nitrogen and oxygen atoms in total. The number of urea groups is 1. The summed E-state index contributed by atoms with van der Waals surface area (Å²) in [4.78, 5) is 18.6. The third-order valence-electron chi connectivity index (χ3n) is 4.73. The number of halogens is 2. The Morgan fingerprint density at radius 3 is 2.73 bits per heavy atom. The average Bonchev–Trinajstić information content (AvgIpc) is 3.01. The van der Waals surface area contributed by atoms with Gasteiger partial charge in [0.25, 0.3) is 0 Å². The number of carbonyl (C=O) groups excluding carboxylic acids is 1. The van der Waals surface area contributed by atoms with E-state index in [0.717, 1.165) is 6.54 Å². The Kier molecular flexibility index (Phi) is 8.50. The molecule has 1 fully saturated rings. The summed E-state index contributed by atoms with van der Waals surface area (Å²) >= 11 is 0. The van der Waals surface area contributed by atoms with Crippen molar-refractivity contribution in [2.24, 2.45) is 0 Å². The molecular formula is C20H32FIN6O2. The number of benzene rings is 1. The van der Waals surface area contributed by atoms with Crippen molar-refractivity contribution in [2.45, 2.75) is 19.1 Å². The molecule has 1 saturated heterocycles. The zero-order valence-electron chi connectivity index (χ0n) is 16.8. The Morgan fingerprint density at radius 2 is 2.10 bits per heavy atom. The van der Waals surface area contributed by atoms with Crippen LogP contribution < -0.4 is 16.4 Å². The van der Waals surface area contributed by atoms with E-state index in [1.807, 2.05) is 14.0 Å². The summed E-state index contributed by atoms with van der Waals surface area (Å²) in [7, 11) is 1.97. The van der Waals surface area contributed by atoms with Gasteiger partial charge >= 0.3 is 6.03 Å². The zero-order chi connectivity index (χ0) is 21.0. The van der Waals surface area contributed by atoms with Crippen LogP contribution in [0.3, 0.4) is 0 Å². The normalized spacial score (nSPS) is 18.5. The highest BCUT2D eigenvalue weighted by molar-refractivity contribution is 14.0. The number of hydrogen-bond donors (Lipinski definition) is 4. The smallest absolute Gasteiger partial charge is 0.320 e. The Hall–Kier alpha value is -2.31. The fourth-order valence-electron chi connectivity index (χ4n) is 3.32. The van der Waals surface area contributed by atoms with Crippen LogP contribution >= 0.6 is 24.0 Å². The number of pyridine rings is 1. The molecule has 0 radical (unpaired) electrons. The van der Waals surface area contributed by atoms with Crippen LogP contribution in [0.4, 0.5) is 20.7 Å². The summed E-state index contributed by atoms with van der Waals surface area (Å²) in [6.45, 7) is 3.96. The fourth-order valence-corrected chi connectivity index (χ4v) is 3.32. The molecule has 10 heteroatoms. The number of aromatic nitrogens is 1. The number of hydrogen-bond acceptors (Lipinski definition) is 6. The first-order valence-corrected chi connectivity index (χ1v) is 9.35. The Labute approximate surface area is 196 Å². The number of nitrogens with zero attached hydrogens (tertiary/aromatic N) is 2. The largest absolute Gasteiger partial charge is 0.398 e. The summed E-state index contributed by atoms with van der Waals surface area (Å²) in [5, 5.41) is 13.8. The van der Waals surface area contributed by atoms with Gasteiger partial charge in [0.2, 0.25) is 0 Å². The molecule has 1 aromatic heterocycles. The predicted octanol–water partition coefficient (Wildman–Crippen LogP) is 3.42. The van der Waals surface area contributed by atoms with Crippen molar-refractivity contribution < 1.29 is 18.2 Å². The van der Waals surface area contributed by atoms with Gasteiger partial charge in [0, 0.05) is 53.1 Å². The minimum absolute atomic E-state index is 0. The molecule has 1 aliphatic heterocycles. The number of amides is 2. The van der Waals surface area contributed by atoms with E-state index in [1.54, 1.807) is 0 Å². The summed E-state index contributed by atoms with van der Waals surface area (Å²) in [6.07, 6.45) is 1.36. The SMILES string of the molecule is CCO[C@@H]1CN(C)C[C@H]1NC(=O)Nc1cc(N)c(C(=N)c2ccc(F)cc2)cn1.I.[HH].[HH].[HH]. The van der Waals surface area contributed by atoms with Crippen LogP contribution in [0.1, 0.15) is 22.3 Å². The maximum Gasteiger partial charge on any atom is 0.320 e. The first-order chi connectivity index (χ1) is 13.9. The van der Waals surface area contributed by atoms with Crippen molar-refractivity contribution in [3.05, 3.63) is 53.5 Å². The molecule has 30 heavy (non-hydrogen) atoms. The van der Waals surface area contributed by atoms with E-state index in [0.29, 0.717) is 24.3 Å². The number of carbonyl (C=O) groups is 1. The van der Waals surface area contributed by atoms with E-state index in [2.05, 4.69) is 20.5 Å². The molecule has 2 atom stereocenters. The van der Waals surface area contributed by atoms with Gasteiger partial charge in [-0.2, -0.15) is 0 Å². The zero-order valence-corrected chi connectivity index (χ0v) is 19.1. The summed E-state index contributed by atoms with van der Waals surface area (Å²) in [5.74, 6) is -0.104. The highest BCUT2D eigenvalue weighted by Crippen LogP contribution is 2.19. The molecule has 5 N–H and O–H groups in total. The summed E-state index contributed by atoms with van der Waals surface area (Å²) < 4.78 is 18.8. The third kappa shape index (κ3) is 5.86. The molecule has 0 unspecified atom stereocenters. The molecule has 0 saturated carbocycles. The molecule has 2 heterocycles. The van der Waals surface area contributed by atoms with Crippen molar-refractivity contribution >= 4 is 47.2 Å². The molecule has 0 bridgehead atoms. The summed E-state index contributed by atoms with van der Waals surface area (Å²) in [5.41, 5.74) is 7.39. The first kappa shape index (κ1) is 24.0.